The first-order chi connectivity index (χ1) is 23.7. The molecule has 3 aliphatic heterocycles. The number of rotatable bonds is 8. The number of nitrogens with zero attached hydrogens (tertiary/aromatic N) is 1. The predicted octanol–water partition coefficient (Wildman–Crippen LogP) is 3.32. The van der Waals surface area contributed by atoms with Gasteiger partial charge in [0.15, 0.2) is 12.6 Å². The lowest BCUT2D eigenvalue weighted by atomic mass is 9.74. The van der Waals surface area contributed by atoms with Crippen molar-refractivity contribution in [2.75, 3.05) is 28.3 Å². The third-order valence-electron chi connectivity index (χ3n) is 12.2. The fraction of sp³-hybridized carbons (Fsp3) is 0.947. The molecule has 0 bridgehead atoms. The van der Waals surface area contributed by atoms with Gasteiger partial charge in [-0.25, -0.2) is 0 Å². The summed E-state index contributed by atoms with van der Waals surface area (Å²) < 4.78 is 44.2. The highest BCUT2D eigenvalue weighted by Crippen LogP contribution is 2.41. The smallest absolute Gasteiger partial charge is 0.311 e. The van der Waals surface area contributed by atoms with E-state index in [0.29, 0.717) is 12.8 Å². The summed E-state index contributed by atoms with van der Waals surface area (Å²) in [5.41, 5.74) is -2.17. The Morgan fingerprint density at radius 1 is 0.824 bits per heavy atom. The molecule has 3 saturated heterocycles. The van der Waals surface area contributed by atoms with Gasteiger partial charge in [0.05, 0.1) is 47.6 Å². The number of aliphatic hydroxyl groups is 3. The van der Waals surface area contributed by atoms with E-state index < -0.39 is 102 Å². The van der Waals surface area contributed by atoms with Crippen LogP contribution in [-0.2, 0) is 42.7 Å². The molecule has 0 aromatic carbocycles. The number of carbonyl (C=O) groups excluding carboxylic acids is 2. The lowest BCUT2D eigenvalue weighted by molar-refractivity contribution is -0.319. The Morgan fingerprint density at radius 2 is 1.43 bits per heavy atom. The van der Waals surface area contributed by atoms with Gasteiger partial charge in [-0.05, 0) is 68.0 Å². The number of cyclic esters (lactones) is 1. The third kappa shape index (κ3) is 9.71. The van der Waals surface area contributed by atoms with Crippen LogP contribution in [0.2, 0.25) is 0 Å². The van der Waals surface area contributed by atoms with Gasteiger partial charge in [0.2, 0.25) is 0 Å². The molecule has 0 radical (unpaired) electrons. The van der Waals surface area contributed by atoms with E-state index in [1.54, 1.807) is 41.7 Å². The molecule has 3 fully saturated rings. The number of carbonyl (C=O) groups is 2. The van der Waals surface area contributed by atoms with E-state index in [4.69, 9.17) is 33.2 Å². The summed E-state index contributed by atoms with van der Waals surface area (Å²) in [6.45, 7) is 18.1. The Kier molecular flexibility index (Phi) is 15.5. The minimum absolute atomic E-state index is 0.152. The second kappa shape index (κ2) is 17.9. The van der Waals surface area contributed by atoms with Crippen molar-refractivity contribution in [1.82, 2.24) is 4.90 Å². The fourth-order valence-electron chi connectivity index (χ4n) is 8.53. The zero-order valence-electron chi connectivity index (χ0n) is 33.5. The van der Waals surface area contributed by atoms with Crippen LogP contribution in [0.3, 0.4) is 0 Å². The van der Waals surface area contributed by atoms with Crippen molar-refractivity contribution in [3.8, 4) is 0 Å². The van der Waals surface area contributed by atoms with E-state index in [9.17, 15) is 24.9 Å². The van der Waals surface area contributed by atoms with E-state index in [2.05, 4.69) is 0 Å². The number of hydrogen-bond acceptors (Lipinski definition) is 13. The molecule has 0 unspecified atom stereocenters. The molecule has 0 saturated carbocycles. The first kappa shape index (κ1) is 44.1. The first-order valence-corrected chi connectivity index (χ1v) is 18.8. The molecule has 0 aromatic heterocycles. The summed E-state index contributed by atoms with van der Waals surface area (Å²) in [5, 5.41) is 33.9. The molecule has 0 aromatic rings. The van der Waals surface area contributed by atoms with Crippen LogP contribution in [0, 0.1) is 29.6 Å². The Hall–Kier alpha value is -1.26. The molecule has 13 heteroatoms. The van der Waals surface area contributed by atoms with Crippen molar-refractivity contribution in [1.29, 1.82) is 0 Å². The fourth-order valence-corrected chi connectivity index (χ4v) is 8.53. The monoisotopic (exact) mass is 731 g/mol. The van der Waals surface area contributed by atoms with E-state index in [0.717, 1.165) is 0 Å². The van der Waals surface area contributed by atoms with Gasteiger partial charge in [-0.3, -0.25) is 9.59 Å². The lowest BCUT2D eigenvalue weighted by Crippen LogP contribution is -2.61. The maximum atomic E-state index is 14.1. The number of aliphatic hydroxyl groups excluding tert-OH is 3. The number of ketones is 1. The molecule has 0 spiro atoms. The second-order valence-electron chi connectivity index (χ2n) is 16.4. The molecular weight excluding hydrogens is 662 g/mol. The zero-order valence-corrected chi connectivity index (χ0v) is 33.5. The summed E-state index contributed by atoms with van der Waals surface area (Å²) in [4.78, 5) is 30.0. The Balaban J connectivity index is 2.20. The largest absolute Gasteiger partial charge is 0.462 e. The molecule has 3 rings (SSSR count). The second-order valence-corrected chi connectivity index (χ2v) is 16.4. The topological polar surface area (TPSA) is 163 Å². The van der Waals surface area contributed by atoms with Crippen LogP contribution in [0.15, 0.2) is 0 Å². The summed E-state index contributed by atoms with van der Waals surface area (Å²) >= 11 is 0. The lowest BCUT2D eigenvalue weighted by Gasteiger charge is -2.49. The summed E-state index contributed by atoms with van der Waals surface area (Å²) in [6.07, 6.45) is -6.94. The average molecular weight is 732 g/mol. The van der Waals surface area contributed by atoms with Gasteiger partial charge in [-0.1, -0.05) is 34.6 Å². The summed E-state index contributed by atoms with van der Waals surface area (Å²) in [7, 11) is 6.86. The van der Waals surface area contributed by atoms with Crippen LogP contribution in [0.5, 0.6) is 0 Å². The van der Waals surface area contributed by atoms with Crippen LogP contribution in [-0.4, -0.2) is 139 Å². The normalized spacial score (nSPS) is 48.3. The third-order valence-corrected chi connectivity index (χ3v) is 12.2. The number of ether oxygens (including phenoxy) is 7. The highest BCUT2D eigenvalue weighted by molar-refractivity contribution is 5.83. The zero-order chi connectivity index (χ0) is 38.7. The van der Waals surface area contributed by atoms with Gasteiger partial charge in [0.1, 0.15) is 24.1 Å². The molecule has 13 nitrogen and oxygen atoms in total. The summed E-state index contributed by atoms with van der Waals surface area (Å²) in [6, 6.07) is -0.256. The van der Waals surface area contributed by atoms with Crippen molar-refractivity contribution in [3.63, 3.8) is 0 Å². The number of likely N-dealkylation sites (N-methyl/N-ethyl adjacent to an activating group) is 1. The standard InChI is InChI=1S/C38H69NO12/c1-15-27-21(4)30(41)22(5)29(40)19(2)17-38(10,46-14)34(51-36-31(42)26(39(11)12)16-20(3)47-36)23(6)32(24(7)35(44)49-27)50-28-18-37(9,45-13)33(43)25(8)48-28/h19-28,30-34,36,41-43H,15-18H2,1-14H3/t19-,20-,21+,22+,23+,24-,25+,26+,27-,28+,30+,31-,32+,33+,34-,36+,37-,38-/m1/s1. The van der Waals surface area contributed by atoms with Gasteiger partial charge < -0.3 is 53.4 Å². The Bertz CT molecular complexity index is 1140. The van der Waals surface area contributed by atoms with Gasteiger partial charge in [0, 0.05) is 50.4 Å². The highest BCUT2D eigenvalue weighted by Gasteiger charge is 2.53. The quantitative estimate of drug-likeness (QED) is 0.312. The van der Waals surface area contributed by atoms with Crippen molar-refractivity contribution < 1.29 is 58.1 Å². The maximum Gasteiger partial charge on any atom is 0.311 e. The van der Waals surface area contributed by atoms with Gasteiger partial charge in [-0.15, -0.1) is 0 Å². The van der Waals surface area contributed by atoms with Crippen molar-refractivity contribution >= 4 is 11.8 Å². The molecule has 3 heterocycles. The Labute approximate surface area is 305 Å². The SMILES string of the molecule is CC[C@H]1OC(=O)[C@H](C)[C@@H](O[C@H]2C[C@@](C)(OC)[C@@H](O)[C@H](C)O2)[C@H](C)[C@@H](O[C@@H]2O[C@H](C)C[C@H](N(C)C)[C@H]2O)[C@](C)(OC)C[C@@H](C)C(=O)[C@H](C)[C@@H](O)[C@H]1C. The summed E-state index contributed by atoms with van der Waals surface area (Å²) in [5.74, 6) is -4.05. The number of esters is 1. The van der Waals surface area contributed by atoms with Crippen molar-refractivity contribution in [3.05, 3.63) is 0 Å². The molecule has 3 N–H and O–H groups in total. The van der Waals surface area contributed by atoms with Gasteiger partial charge in [-0.2, -0.15) is 0 Å². The minimum atomic E-state index is -1.18. The minimum Gasteiger partial charge on any atom is -0.462 e. The van der Waals surface area contributed by atoms with E-state index in [1.165, 1.54) is 7.11 Å². The van der Waals surface area contributed by atoms with E-state index in [1.807, 2.05) is 53.6 Å². The van der Waals surface area contributed by atoms with Crippen LogP contribution < -0.4 is 0 Å². The average Bonchev–Trinajstić information content (AvgIpc) is 3.09. The van der Waals surface area contributed by atoms with Crippen LogP contribution in [0.25, 0.3) is 0 Å². The van der Waals surface area contributed by atoms with Gasteiger partial charge in [0.25, 0.3) is 0 Å². The Morgan fingerprint density at radius 3 is 1.98 bits per heavy atom. The molecule has 51 heavy (non-hydrogen) atoms. The predicted molar refractivity (Wildman–Crippen MR) is 190 cm³/mol. The molecular formula is C38H69NO12. The number of Topliss-reactive ketones (excluding diaryl/α,β-unsaturated/α-hetero) is 1. The highest BCUT2D eigenvalue weighted by atomic mass is 16.7. The molecule has 3 aliphatic rings. The molecule has 298 valence electrons. The van der Waals surface area contributed by atoms with Crippen LogP contribution >= 0.6 is 0 Å². The van der Waals surface area contributed by atoms with E-state index >= 15 is 0 Å². The number of hydrogen-bond donors (Lipinski definition) is 3. The van der Waals surface area contributed by atoms with Gasteiger partial charge >= 0.3 is 5.97 Å². The number of methoxy groups -OCH3 is 2. The van der Waals surface area contributed by atoms with Crippen LogP contribution in [0.1, 0.15) is 94.9 Å². The van der Waals surface area contributed by atoms with E-state index in [-0.39, 0.29) is 30.8 Å². The first-order valence-electron chi connectivity index (χ1n) is 18.8. The van der Waals surface area contributed by atoms with Crippen LogP contribution in [0.4, 0.5) is 0 Å². The van der Waals surface area contributed by atoms with Crippen molar-refractivity contribution in [2.24, 2.45) is 29.6 Å². The molecule has 0 aliphatic carbocycles. The molecule has 0 amide bonds. The van der Waals surface area contributed by atoms with Crippen molar-refractivity contribution in [2.45, 2.75) is 174 Å². The maximum absolute atomic E-state index is 14.1. The molecule has 18 atom stereocenters.